The maximum Gasteiger partial charge on any atom is 0.534 e. The van der Waals surface area contributed by atoms with Crippen molar-refractivity contribution < 1.29 is 78.8 Å². The SMILES string of the molecule is CCOC(=O)c1c(NCc2cccc(C)c2)c2c(C)ncnc2n(OCc2ccccc2)c1=O.CCOC(=O)c1c(O)c2c(C)ncnc2n(OCc2ccccc2)c1=O.CCOC(=O)c1c(OS(=O)(=O)C(F)(F)F)c2c(C)ncnc2n(OCc2ccccc2)c1=O.Cc1cccc(CNc2cc(=O)n(OCc3ccccc3)c3ncnc(C)c23)c1. The van der Waals surface area contributed by atoms with Crippen LogP contribution in [0.3, 0.4) is 0 Å². The van der Waals surface area contributed by atoms with Gasteiger partial charge in [-0.25, -0.2) is 54.3 Å². The number of carbonyl (C=O) groups excluding carboxylic acids is 3. The Balaban J connectivity index is 0.000000159. The molecule has 0 radical (unpaired) electrons. The van der Waals surface area contributed by atoms with Crippen LogP contribution in [0.4, 0.5) is 24.5 Å². The van der Waals surface area contributed by atoms with Gasteiger partial charge in [-0.2, -0.15) is 21.6 Å². The Morgan fingerprint density at radius 1 is 0.402 bits per heavy atom. The van der Waals surface area contributed by atoms with Gasteiger partial charge in [-0.05, 0) is 95.7 Å². The van der Waals surface area contributed by atoms with Crippen LogP contribution in [0.15, 0.2) is 220 Å². The number of aromatic nitrogens is 12. The Morgan fingerprint density at radius 2 is 0.738 bits per heavy atom. The third kappa shape index (κ3) is 20.8. The molecule has 36 heteroatoms. The van der Waals surface area contributed by atoms with Crippen molar-refractivity contribution in [2.24, 2.45) is 0 Å². The predicted molar refractivity (Wildman–Crippen MR) is 443 cm³/mol. The maximum absolute atomic E-state index is 13.6. The molecule has 6 aromatic carbocycles. The molecule has 0 saturated carbocycles. The lowest BCUT2D eigenvalue weighted by atomic mass is 10.1. The third-order valence-electron chi connectivity index (χ3n) is 18.0. The van der Waals surface area contributed by atoms with Crippen LogP contribution in [0.2, 0.25) is 0 Å². The molecule has 0 bridgehead atoms. The number of carbonyl (C=O) groups is 3. The number of fused-ring (bicyclic) bond motifs is 4. The van der Waals surface area contributed by atoms with Gasteiger partial charge in [0.15, 0.2) is 45.0 Å². The first kappa shape index (κ1) is 87.9. The number of halogens is 3. The number of benzene rings is 6. The number of alkyl halides is 3. The Bertz CT molecular complexity index is 6530. The molecular formula is C86H81F3N14O18S. The average Bonchev–Trinajstić information content (AvgIpc) is 0.787. The normalized spacial score (nSPS) is 11.1. The molecular weight excluding hydrogens is 1610 g/mol. The summed E-state index contributed by atoms with van der Waals surface area (Å²) >= 11 is 0. The fraction of sp³-hybridized carbons (Fsp3) is 0.221. The van der Waals surface area contributed by atoms with Crippen LogP contribution >= 0.6 is 0 Å². The number of esters is 3. The largest absolute Gasteiger partial charge is 0.534 e. The third-order valence-corrected chi connectivity index (χ3v) is 19.0. The summed E-state index contributed by atoms with van der Waals surface area (Å²) in [7, 11) is -6.27. The fourth-order valence-electron chi connectivity index (χ4n) is 12.3. The highest BCUT2D eigenvalue weighted by atomic mass is 32.2. The van der Waals surface area contributed by atoms with Crippen molar-refractivity contribution in [3.05, 3.63) is 327 Å². The first-order valence-electron chi connectivity index (χ1n) is 37.7. The molecule has 14 aromatic rings. The maximum atomic E-state index is 13.6. The number of anilines is 2. The van der Waals surface area contributed by atoms with Crippen molar-refractivity contribution in [1.82, 2.24) is 58.8 Å². The van der Waals surface area contributed by atoms with E-state index in [9.17, 15) is 60.3 Å². The second-order valence-electron chi connectivity index (χ2n) is 26.7. The van der Waals surface area contributed by atoms with Crippen molar-refractivity contribution in [3.63, 3.8) is 0 Å². The number of rotatable bonds is 26. The van der Waals surface area contributed by atoms with E-state index in [4.69, 9.17) is 33.6 Å². The van der Waals surface area contributed by atoms with Gasteiger partial charge in [0.1, 0.15) is 57.5 Å². The van der Waals surface area contributed by atoms with Crippen LogP contribution in [0, 0.1) is 41.5 Å². The molecule has 0 atom stereocenters. The van der Waals surface area contributed by atoms with E-state index in [0.29, 0.717) is 57.2 Å². The minimum Gasteiger partial charge on any atom is -0.506 e. The summed E-state index contributed by atoms with van der Waals surface area (Å²) in [5.74, 6) is -4.81. The number of pyridine rings is 4. The summed E-state index contributed by atoms with van der Waals surface area (Å²) in [5, 5.41) is 18.1. The van der Waals surface area contributed by atoms with Crippen molar-refractivity contribution in [2.45, 2.75) is 107 Å². The molecule has 8 heterocycles. The molecule has 3 N–H and O–H groups in total. The number of hydrogen-bond donors (Lipinski definition) is 3. The zero-order valence-electron chi connectivity index (χ0n) is 67.2. The van der Waals surface area contributed by atoms with E-state index < -0.39 is 83.9 Å². The minimum atomic E-state index is -6.27. The highest BCUT2D eigenvalue weighted by Gasteiger charge is 2.50. The Labute approximate surface area is 693 Å². The number of hydrogen-bond acceptors (Lipinski definition) is 28. The fourth-order valence-corrected chi connectivity index (χ4v) is 12.8. The number of ether oxygens (including phenoxy) is 3. The summed E-state index contributed by atoms with van der Waals surface area (Å²) in [6.45, 7) is 16.5. The van der Waals surface area contributed by atoms with Gasteiger partial charge >= 0.3 is 50.2 Å². The zero-order valence-corrected chi connectivity index (χ0v) is 68.0. The van der Waals surface area contributed by atoms with Gasteiger partial charge in [-0.15, -0.1) is 18.9 Å². The van der Waals surface area contributed by atoms with E-state index in [1.165, 1.54) is 43.1 Å². The van der Waals surface area contributed by atoms with Crippen LogP contribution in [0.1, 0.15) is 119 Å². The van der Waals surface area contributed by atoms with E-state index in [1.807, 2.05) is 135 Å². The molecule has 8 aromatic heterocycles. The predicted octanol–water partition coefficient (Wildman–Crippen LogP) is 11.2. The monoisotopic (exact) mass is 1690 g/mol. The van der Waals surface area contributed by atoms with Crippen LogP contribution in [-0.2, 0) is 63.8 Å². The number of nitrogens with zero attached hydrogens (tertiary/aromatic N) is 12. The van der Waals surface area contributed by atoms with E-state index in [0.717, 1.165) is 60.2 Å². The molecule has 14 rings (SSSR count). The highest BCUT2D eigenvalue weighted by Crippen LogP contribution is 2.36. The molecule has 0 amide bonds. The molecule has 630 valence electrons. The molecule has 0 spiro atoms. The first-order valence-corrected chi connectivity index (χ1v) is 39.1. The molecule has 32 nitrogen and oxygen atoms in total. The van der Waals surface area contributed by atoms with Crippen LogP contribution in [0.25, 0.3) is 44.1 Å². The lowest BCUT2D eigenvalue weighted by molar-refractivity contribution is -0.0500. The molecule has 122 heavy (non-hydrogen) atoms. The van der Waals surface area contributed by atoms with E-state index in [-0.39, 0.29) is 79.7 Å². The van der Waals surface area contributed by atoms with Gasteiger partial charge in [0.25, 0.3) is 5.56 Å². The summed E-state index contributed by atoms with van der Waals surface area (Å²) in [6, 6.07) is 54.6. The Hall–Kier alpha value is -15.0. The van der Waals surface area contributed by atoms with Gasteiger partial charge in [-0.1, -0.05) is 181 Å². The van der Waals surface area contributed by atoms with Gasteiger partial charge in [0.2, 0.25) is 0 Å². The molecule has 0 fully saturated rings. The number of aryl methyl sites for hydroxylation is 6. The van der Waals surface area contributed by atoms with E-state index >= 15 is 0 Å². The zero-order chi connectivity index (χ0) is 87.4. The minimum absolute atomic E-state index is 0.0604. The van der Waals surface area contributed by atoms with Gasteiger partial charge in [0, 0.05) is 19.2 Å². The lowest BCUT2D eigenvalue weighted by Crippen LogP contribution is -2.35. The summed E-state index contributed by atoms with van der Waals surface area (Å²) in [4.78, 5) is 146. The van der Waals surface area contributed by atoms with E-state index in [1.54, 1.807) is 64.1 Å². The van der Waals surface area contributed by atoms with Crippen molar-refractivity contribution in [2.75, 3.05) is 30.5 Å². The van der Waals surface area contributed by atoms with Crippen molar-refractivity contribution in [1.29, 1.82) is 0 Å². The van der Waals surface area contributed by atoms with E-state index in [2.05, 4.69) is 79.8 Å². The smallest absolute Gasteiger partial charge is 0.506 e. The van der Waals surface area contributed by atoms with Gasteiger partial charge in [0.05, 0.1) is 75.5 Å². The second kappa shape index (κ2) is 40.0. The second-order valence-corrected chi connectivity index (χ2v) is 28.2. The standard InChI is InChI=1S/C26H26N4O4.C23H22N4O2.C19H16F3N3O7S.C18H17N3O5/c1-4-33-26(32)22-23(27-14-20-12-8-9-17(2)13-20)21-18(3)28-16-29-24(21)30(25(22)31)34-15-19-10-6-5-7-11-19;1-16-7-6-10-19(11-16)13-24-20-12-21(28)27(23-22(20)17(2)25-15-26-23)29-14-18-8-4-3-5-9-18;1-3-30-18(27)14-15(32-33(28,29)19(20,21)22)13-11(2)23-10-24-16(13)25(17(14)26)31-9-12-7-5-4-6-8-12;1-3-25-18(24)14-15(22)13-11(2)19-10-20-16(13)21(17(14)23)26-9-12-7-5-4-6-8-12/h5-13,16,27H,4,14-15H2,1-3H3;3-12,15,24H,13-14H2,1-2H3;4-8,10H,3,9H2,1-2H3;4-8,10,22H,3,9H2,1-2H3. The number of nitrogens with one attached hydrogen (secondary N) is 2. The summed E-state index contributed by atoms with van der Waals surface area (Å²) in [5.41, 5.74) is 0.0947. The first-order chi connectivity index (χ1) is 58.6. The highest BCUT2D eigenvalue weighted by molar-refractivity contribution is 7.88. The topological polar surface area (TPSA) is 395 Å². The summed E-state index contributed by atoms with van der Waals surface area (Å²) in [6.07, 6.45) is 5.05. The van der Waals surface area contributed by atoms with Crippen LogP contribution in [-0.4, -0.2) is 116 Å². The van der Waals surface area contributed by atoms with Crippen LogP contribution in [0.5, 0.6) is 11.5 Å². The van der Waals surface area contributed by atoms with Crippen molar-refractivity contribution >= 4 is 83.5 Å². The lowest BCUT2D eigenvalue weighted by Gasteiger charge is -2.19. The molecule has 0 saturated heterocycles. The van der Waals surface area contributed by atoms with Crippen LogP contribution < -0.4 is 56.4 Å². The molecule has 0 aliphatic heterocycles. The summed E-state index contributed by atoms with van der Waals surface area (Å²) < 4.78 is 85.4. The quantitative estimate of drug-likeness (QED) is 0.0196. The Kier molecular flexibility index (Phi) is 28.8. The van der Waals surface area contributed by atoms with Gasteiger partial charge < -0.3 is 53.5 Å². The molecule has 0 aliphatic carbocycles. The average molecular weight is 1690 g/mol. The molecule has 0 aliphatic rings. The van der Waals surface area contributed by atoms with Gasteiger partial charge in [-0.3, -0.25) is 19.2 Å². The number of aromatic hydroxyl groups is 1. The Morgan fingerprint density at radius 3 is 1.16 bits per heavy atom. The molecule has 0 unspecified atom stereocenters. The van der Waals surface area contributed by atoms with Crippen molar-refractivity contribution in [3.8, 4) is 11.5 Å².